The Hall–Kier alpha value is -2.07. The molecule has 4 nitrogen and oxygen atoms in total. The van der Waals surface area contributed by atoms with Gasteiger partial charge in [0.2, 0.25) is 5.56 Å². The summed E-state index contributed by atoms with van der Waals surface area (Å²) >= 11 is 0. The number of hydrogen-bond acceptors (Lipinski definition) is 3. The first-order valence-electron chi connectivity index (χ1n) is 6.85. The number of aromatic nitrogens is 1. The molecule has 0 spiro atoms. The van der Waals surface area contributed by atoms with Crippen molar-refractivity contribution in [1.29, 1.82) is 0 Å². The van der Waals surface area contributed by atoms with Crippen LogP contribution in [0.5, 0.6) is 5.75 Å². The van der Waals surface area contributed by atoms with Crippen LogP contribution in [0.25, 0.3) is 0 Å². The van der Waals surface area contributed by atoms with Gasteiger partial charge in [0.25, 0.3) is 0 Å². The minimum Gasteiger partial charge on any atom is -0.494 e. The minimum absolute atomic E-state index is 0.128. The molecule has 1 unspecified atom stereocenters. The number of hydrogen-bond donors (Lipinski definition) is 2. The van der Waals surface area contributed by atoms with E-state index in [-0.39, 0.29) is 5.56 Å². The third kappa shape index (κ3) is 2.23. The van der Waals surface area contributed by atoms with Crippen LogP contribution in [-0.2, 0) is 12.8 Å². The lowest BCUT2D eigenvalue weighted by molar-refractivity contribution is 0.218. The highest BCUT2D eigenvalue weighted by molar-refractivity contribution is 5.44. The van der Waals surface area contributed by atoms with Crippen molar-refractivity contribution in [1.82, 2.24) is 4.98 Å². The van der Waals surface area contributed by atoms with Crippen molar-refractivity contribution in [3.05, 3.63) is 63.1 Å². The second kappa shape index (κ2) is 5.13. The molecule has 0 bridgehead atoms. The fourth-order valence-corrected chi connectivity index (χ4v) is 2.73. The van der Waals surface area contributed by atoms with Crippen LogP contribution >= 0.6 is 0 Å². The topological polar surface area (TPSA) is 62.3 Å². The van der Waals surface area contributed by atoms with Crippen molar-refractivity contribution in [2.24, 2.45) is 0 Å². The number of fused-ring (bicyclic) bond motifs is 2. The van der Waals surface area contributed by atoms with Gasteiger partial charge in [0, 0.05) is 17.3 Å². The van der Waals surface area contributed by atoms with E-state index in [1.54, 1.807) is 6.07 Å². The van der Waals surface area contributed by atoms with Crippen LogP contribution in [-0.4, -0.2) is 16.7 Å². The van der Waals surface area contributed by atoms with E-state index >= 15 is 0 Å². The highest BCUT2D eigenvalue weighted by Crippen LogP contribution is 2.33. The van der Waals surface area contributed by atoms with Gasteiger partial charge in [0.1, 0.15) is 11.9 Å². The molecular formula is C16H17NO3. The molecule has 0 saturated carbocycles. The van der Waals surface area contributed by atoms with E-state index in [0.717, 1.165) is 41.0 Å². The van der Waals surface area contributed by atoms with Crippen LogP contribution in [0.4, 0.5) is 0 Å². The van der Waals surface area contributed by atoms with Crippen LogP contribution in [0.3, 0.4) is 0 Å². The van der Waals surface area contributed by atoms with Crippen molar-refractivity contribution in [3.63, 3.8) is 0 Å². The lowest BCUT2D eigenvalue weighted by Crippen LogP contribution is -2.12. The van der Waals surface area contributed by atoms with Gasteiger partial charge in [-0.2, -0.15) is 0 Å². The molecule has 2 N–H and O–H groups in total. The molecule has 2 aromatic rings. The quantitative estimate of drug-likeness (QED) is 0.877. The van der Waals surface area contributed by atoms with E-state index in [0.29, 0.717) is 6.61 Å². The first kappa shape index (κ1) is 12.9. The van der Waals surface area contributed by atoms with Gasteiger partial charge in [0.05, 0.1) is 6.61 Å². The summed E-state index contributed by atoms with van der Waals surface area (Å²) in [6.07, 6.45) is 0.801. The van der Waals surface area contributed by atoms with Gasteiger partial charge in [-0.05, 0) is 49.1 Å². The second-order valence-electron chi connectivity index (χ2n) is 4.95. The number of ether oxygens (including phenoxy) is 1. The van der Waals surface area contributed by atoms with Gasteiger partial charge in [-0.25, -0.2) is 0 Å². The summed E-state index contributed by atoms with van der Waals surface area (Å²) < 4.78 is 5.50. The van der Waals surface area contributed by atoms with E-state index in [1.165, 1.54) is 6.07 Å². The maximum atomic E-state index is 11.4. The molecule has 0 radical (unpaired) electrons. The molecule has 1 aromatic carbocycles. The molecule has 0 fully saturated rings. The number of rotatable bonds is 2. The summed E-state index contributed by atoms with van der Waals surface area (Å²) in [5.41, 5.74) is 3.42. The van der Waals surface area contributed by atoms with Crippen molar-refractivity contribution in [2.45, 2.75) is 25.9 Å². The van der Waals surface area contributed by atoms with Crippen LogP contribution in [0.15, 0.2) is 35.1 Å². The molecule has 20 heavy (non-hydrogen) atoms. The fourth-order valence-electron chi connectivity index (χ4n) is 2.73. The lowest BCUT2D eigenvalue weighted by Gasteiger charge is -2.15. The van der Waals surface area contributed by atoms with Crippen molar-refractivity contribution in [3.8, 4) is 5.75 Å². The summed E-state index contributed by atoms with van der Waals surface area (Å²) in [6, 6.07) is 8.98. The normalized spacial score (nSPS) is 17.0. The van der Waals surface area contributed by atoms with Crippen molar-refractivity contribution >= 4 is 0 Å². The zero-order chi connectivity index (χ0) is 14.1. The molecule has 3 rings (SSSR count). The Morgan fingerprint density at radius 3 is 2.90 bits per heavy atom. The number of aryl methyl sites for hydroxylation is 2. The largest absolute Gasteiger partial charge is 0.494 e. The Morgan fingerprint density at radius 2 is 2.10 bits per heavy atom. The first-order chi connectivity index (χ1) is 9.69. The molecule has 1 aliphatic rings. The Kier molecular flexibility index (Phi) is 3.32. The molecule has 104 valence electrons. The number of H-pyrrole nitrogens is 1. The van der Waals surface area contributed by atoms with E-state index in [1.807, 2.05) is 25.1 Å². The third-order valence-corrected chi connectivity index (χ3v) is 3.70. The predicted octanol–water partition coefficient (Wildman–Crippen LogP) is 1.95. The number of benzene rings is 1. The number of pyridine rings is 1. The van der Waals surface area contributed by atoms with Gasteiger partial charge >= 0.3 is 0 Å². The Bertz CT molecular complexity index is 690. The van der Waals surface area contributed by atoms with Crippen LogP contribution < -0.4 is 10.3 Å². The van der Waals surface area contributed by atoms with Gasteiger partial charge in [-0.1, -0.05) is 6.07 Å². The number of aliphatic hydroxyl groups is 1. The smallest absolute Gasteiger partial charge is 0.248 e. The molecule has 1 atom stereocenters. The highest BCUT2D eigenvalue weighted by Gasteiger charge is 2.22. The highest BCUT2D eigenvalue weighted by atomic mass is 16.5. The molecule has 1 heterocycles. The van der Waals surface area contributed by atoms with Crippen LogP contribution in [0, 0.1) is 0 Å². The van der Waals surface area contributed by atoms with E-state index in [4.69, 9.17) is 4.74 Å². The Morgan fingerprint density at radius 1 is 1.25 bits per heavy atom. The van der Waals surface area contributed by atoms with Gasteiger partial charge in [-0.15, -0.1) is 0 Å². The molecule has 0 amide bonds. The molecule has 4 heteroatoms. The summed E-state index contributed by atoms with van der Waals surface area (Å²) in [4.78, 5) is 14.2. The predicted molar refractivity (Wildman–Crippen MR) is 76.1 cm³/mol. The summed E-state index contributed by atoms with van der Waals surface area (Å²) in [5.74, 6) is 0.762. The average molecular weight is 271 g/mol. The summed E-state index contributed by atoms with van der Waals surface area (Å²) in [7, 11) is 0. The SMILES string of the molecule is CCOc1ccc2c(c1)C(O)c1ccc(=O)[nH]c1CC2. The van der Waals surface area contributed by atoms with E-state index in [2.05, 4.69) is 4.98 Å². The minimum atomic E-state index is -0.722. The van der Waals surface area contributed by atoms with Gasteiger partial charge in [-0.3, -0.25) is 4.79 Å². The zero-order valence-electron chi connectivity index (χ0n) is 11.3. The molecule has 0 aliphatic heterocycles. The third-order valence-electron chi connectivity index (χ3n) is 3.70. The lowest BCUT2D eigenvalue weighted by atomic mass is 9.98. The van der Waals surface area contributed by atoms with E-state index < -0.39 is 6.10 Å². The van der Waals surface area contributed by atoms with Crippen LogP contribution in [0.2, 0.25) is 0 Å². The monoisotopic (exact) mass is 271 g/mol. The molecular weight excluding hydrogens is 254 g/mol. The second-order valence-corrected chi connectivity index (χ2v) is 4.95. The zero-order valence-corrected chi connectivity index (χ0v) is 11.3. The van der Waals surface area contributed by atoms with Crippen molar-refractivity contribution in [2.75, 3.05) is 6.61 Å². The molecule has 0 saturated heterocycles. The van der Waals surface area contributed by atoms with Crippen molar-refractivity contribution < 1.29 is 9.84 Å². The van der Waals surface area contributed by atoms with Gasteiger partial charge in [0.15, 0.2) is 0 Å². The van der Waals surface area contributed by atoms with E-state index in [9.17, 15) is 9.90 Å². The summed E-state index contributed by atoms with van der Waals surface area (Å²) in [5, 5.41) is 10.6. The first-order valence-corrected chi connectivity index (χ1v) is 6.85. The van der Waals surface area contributed by atoms with Gasteiger partial charge < -0.3 is 14.8 Å². The summed E-state index contributed by atoms with van der Waals surface area (Å²) in [6.45, 7) is 2.53. The number of aliphatic hydroxyl groups excluding tert-OH is 1. The maximum absolute atomic E-state index is 11.4. The Balaban J connectivity index is 2.09. The fraction of sp³-hybridized carbons (Fsp3) is 0.312. The van der Waals surface area contributed by atoms with Crippen LogP contribution in [0.1, 0.15) is 35.4 Å². The number of nitrogens with one attached hydrogen (secondary N) is 1. The number of aromatic amines is 1. The molecule has 1 aromatic heterocycles. The average Bonchev–Trinajstić information content (AvgIpc) is 2.57. The molecule has 1 aliphatic carbocycles. The standard InChI is InChI=1S/C16H17NO3/c1-2-20-11-5-3-10-4-7-14-12(6-8-15(18)17-14)16(19)13(10)9-11/h3,5-6,8-9,16,19H,2,4,7H2,1H3,(H,17,18). The Labute approximate surface area is 117 Å². The maximum Gasteiger partial charge on any atom is 0.248 e.